The summed E-state index contributed by atoms with van der Waals surface area (Å²) >= 11 is 0. The van der Waals surface area contributed by atoms with Crippen LogP contribution in [0.4, 0.5) is 8.78 Å². The fourth-order valence-corrected chi connectivity index (χ4v) is 0.822. The SMILES string of the molecule is OCc1ccncc1OCC(F)F. The van der Waals surface area contributed by atoms with Gasteiger partial charge in [-0.25, -0.2) is 8.78 Å². The van der Waals surface area contributed by atoms with Gasteiger partial charge in [0, 0.05) is 11.8 Å². The molecule has 0 aromatic carbocycles. The van der Waals surface area contributed by atoms with Gasteiger partial charge in [-0.3, -0.25) is 4.98 Å². The first-order chi connectivity index (χ1) is 6.24. The van der Waals surface area contributed by atoms with Gasteiger partial charge in [-0.2, -0.15) is 0 Å². The molecule has 1 rings (SSSR count). The Morgan fingerprint density at radius 2 is 2.31 bits per heavy atom. The highest BCUT2D eigenvalue weighted by atomic mass is 19.3. The Morgan fingerprint density at radius 3 is 2.92 bits per heavy atom. The molecule has 0 spiro atoms. The Hall–Kier alpha value is -1.23. The summed E-state index contributed by atoms with van der Waals surface area (Å²) in [5.74, 6) is 0.199. The van der Waals surface area contributed by atoms with E-state index in [1.54, 1.807) is 0 Å². The Bertz CT molecular complexity index is 268. The lowest BCUT2D eigenvalue weighted by molar-refractivity contribution is 0.0804. The van der Waals surface area contributed by atoms with Crippen LogP contribution in [0.15, 0.2) is 18.5 Å². The number of pyridine rings is 1. The predicted octanol–water partition coefficient (Wildman–Crippen LogP) is 1.22. The van der Waals surface area contributed by atoms with Gasteiger partial charge >= 0.3 is 0 Å². The minimum atomic E-state index is -2.52. The molecule has 0 aliphatic carbocycles. The number of aliphatic hydroxyl groups is 1. The van der Waals surface area contributed by atoms with Gasteiger partial charge in [0.2, 0.25) is 0 Å². The maximum Gasteiger partial charge on any atom is 0.272 e. The largest absolute Gasteiger partial charge is 0.486 e. The van der Waals surface area contributed by atoms with Gasteiger partial charge in [-0.1, -0.05) is 0 Å². The summed E-state index contributed by atoms with van der Waals surface area (Å²) in [5.41, 5.74) is 0.454. The topological polar surface area (TPSA) is 42.4 Å². The summed E-state index contributed by atoms with van der Waals surface area (Å²) in [4.78, 5) is 3.69. The van der Waals surface area contributed by atoms with Gasteiger partial charge in [0.25, 0.3) is 6.43 Å². The highest BCUT2D eigenvalue weighted by molar-refractivity contribution is 5.28. The van der Waals surface area contributed by atoms with Crippen LogP contribution in [0, 0.1) is 0 Å². The lowest BCUT2D eigenvalue weighted by Gasteiger charge is -2.07. The third kappa shape index (κ3) is 2.95. The van der Waals surface area contributed by atoms with Crippen LogP contribution in [0.25, 0.3) is 0 Å². The van der Waals surface area contributed by atoms with Gasteiger partial charge in [-0.05, 0) is 6.07 Å². The molecule has 1 aromatic heterocycles. The van der Waals surface area contributed by atoms with Gasteiger partial charge in [0.15, 0.2) is 0 Å². The van der Waals surface area contributed by atoms with Crippen LogP contribution in [0.1, 0.15) is 5.56 Å². The Morgan fingerprint density at radius 1 is 1.54 bits per heavy atom. The number of aliphatic hydroxyl groups excluding tert-OH is 1. The number of hydrogen-bond acceptors (Lipinski definition) is 3. The Kier molecular flexibility index (Phi) is 3.57. The number of aromatic nitrogens is 1. The highest BCUT2D eigenvalue weighted by Gasteiger charge is 2.06. The average Bonchev–Trinajstić information content (AvgIpc) is 2.15. The summed E-state index contributed by atoms with van der Waals surface area (Å²) in [6, 6.07) is 1.51. The summed E-state index contributed by atoms with van der Waals surface area (Å²) in [7, 11) is 0. The third-order valence-corrected chi connectivity index (χ3v) is 1.41. The molecule has 3 nitrogen and oxygen atoms in total. The van der Waals surface area contributed by atoms with Crippen molar-refractivity contribution in [1.29, 1.82) is 0 Å². The molecule has 0 aliphatic rings. The van der Waals surface area contributed by atoms with E-state index in [9.17, 15) is 8.78 Å². The predicted molar refractivity (Wildman–Crippen MR) is 41.7 cm³/mol. The minimum absolute atomic E-state index is 0.199. The molecule has 0 saturated heterocycles. The van der Waals surface area contributed by atoms with E-state index in [1.165, 1.54) is 18.5 Å². The van der Waals surface area contributed by atoms with Crippen molar-refractivity contribution in [1.82, 2.24) is 4.98 Å². The Balaban J connectivity index is 2.64. The van der Waals surface area contributed by atoms with Crippen molar-refractivity contribution in [3.8, 4) is 5.75 Å². The fourth-order valence-electron chi connectivity index (χ4n) is 0.822. The van der Waals surface area contributed by atoms with E-state index in [1.807, 2.05) is 0 Å². The zero-order chi connectivity index (χ0) is 9.68. The van der Waals surface area contributed by atoms with E-state index in [0.29, 0.717) is 5.56 Å². The second kappa shape index (κ2) is 4.71. The quantitative estimate of drug-likeness (QED) is 0.774. The van der Waals surface area contributed by atoms with Crippen molar-refractivity contribution in [2.75, 3.05) is 6.61 Å². The Labute approximate surface area is 74.0 Å². The maximum absolute atomic E-state index is 11.7. The molecule has 1 aromatic rings. The van der Waals surface area contributed by atoms with E-state index >= 15 is 0 Å². The standard InChI is InChI=1S/C8H9F2NO2/c9-8(10)5-13-7-3-11-2-1-6(7)4-12/h1-3,8,12H,4-5H2. The van der Waals surface area contributed by atoms with Crippen LogP contribution in [0.2, 0.25) is 0 Å². The molecule has 0 atom stereocenters. The molecule has 1 heterocycles. The second-order valence-corrected chi connectivity index (χ2v) is 2.34. The molecule has 1 N–H and O–H groups in total. The summed E-state index contributed by atoms with van der Waals surface area (Å²) in [6.45, 7) is -0.931. The number of halogens is 2. The molecule has 72 valence electrons. The molecule has 13 heavy (non-hydrogen) atoms. The van der Waals surface area contributed by atoms with Crippen LogP contribution in [-0.4, -0.2) is 23.1 Å². The van der Waals surface area contributed by atoms with E-state index < -0.39 is 13.0 Å². The van der Waals surface area contributed by atoms with Crippen molar-refractivity contribution in [3.63, 3.8) is 0 Å². The number of ether oxygens (including phenoxy) is 1. The molecule has 0 saturated carbocycles. The monoisotopic (exact) mass is 189 g/mol. The summed E-state index contributed by atoms with van der Waals surface area (Å²) < 4.78 is 28.2. The van der Waals surface area contributed by atoms with Crippen molar-refractivity contribution in [2.24, 2.45) is 0 Å². The van der Waals surface area contributed by atoms with E-state index in [4.69, 9.17) is 9.84 Å². The van der Waals surface area contributed by atoms with Gasteiger partial charge < -0.3 is 9.84 Å². The summed E-state index contributed by atoms with van der Waals surface area (Å²) in [6.07, 6.45) is 0.237. The fraction of sp³-hybridized carbons (Fsp3) is 0.375. The van der Waals surface area contributed by atoms with E-state index in [-0.39, 0.29) is 12.4 Å². The number of rotatable bonds is 4. The zero-order valence-electron chi connectivity index (χ0n) is 6.78. The number of nitrogens with zero attached hydrogens (tertiary/aromatic N) is 1. The normalized spacial score (nSPS) is 10.5. The lowest BCUT2D eigenvalue weighted by atomic mass is 10.2. The second-order valence-electron chi connectivity index (χ2n) is 2.34. The zero-order valence-corrected chi connectivity index (χ0v) is 6.78. The molecule has 0 amide bonds. The van der Waals surface area contributed by atoms with Crippen LogP contribution in [0.5, 0.6) is 5.75 Å². The molecule has 0 radical (unpaired) electrons. The summed E-state index contributed by atoms with van der Waals surface area (Å²) in [5, 5.41) is 8.79. The first-order valence-corrected chi connectivity index (χ1v) is 3.68. The number of hydrogen-bond donors (Lipinski definition) is 1. The molecule has 0 aliphatic heterocycles. The maximum atomic E-state index is 11.7. The van der Waals surface area contributed by atoms with Crippen LogP contribution in [-0.2, 0) is 6.61 Å². The van der Waals surface area contributed by atoms with Gasteiger partial charge in [0.05, 0.1) is 12.8 Å². The smallest absolute Gasteiger partial charge is 0.272 e. The van der Waals surface area contributed by atoms with E-state index in [2.05, 4.69) is 4.98 Å². The number of alkyl halides is 2. The molecule has 5 heteroatoms. The van der Waals surface area contributed by atoms with E-state index in [0.717, 1.165) is 0 Å². The molecular formula is C8H9F2NO2. The third-order valence-electron chi connectivity index (χ3n) is 1.41. The van der Waals surface area contributed by atoms with Crippen molar-refractivity contribution < 1.29 is 18.6 Å². The van der Waals surface area contributed by atoms with Crippen molar-refractivity contribution >= 4 is 0 Å². The molecule has 0 fully saturated rings. The van der Waals surface area contributed by atoms with Crippen LogP contribution < -0.4 is 4.74 Å². The van der Waals surface area contributed by atoms with Crippen LogP contribution in [0.3, 0.4) is 0 Å². The molecule has 0 bridgehead atoms. The van der Waals surface area contributed by atoms with Crippen molar-refractivity contribution in [2.45, 2.75) is 13.0 Å². The van der Waals surface area contributed by atoms with Crippen LogP contribution >= 0.6 is 0 Å². The first kappa shape index (κ1) is 9.85. The average molecular weight is 189 g/mol. The lowest BCUT2D eigenvalue weighted by Crippen LogP contribution is -2.08. The first-order valence-electron chi connectivity index (χ1n) is 3.68. The molecular weight excluding hydrogens is 180 g/mol. The molecule has 0 unspecified atom stereocenters. The minimum Gasteiger partial charge on any atom is -0.486 e. The van der Waals surface area contributed by atoms with Crippen molar-refractivity contribution in [3.05, 3.63) is 24.0 Å². The van der Waals surface area contributed by atoms with Gasteiger partial charge in [0.1, 0.15) is 12.4 Å². The highest BCUT2D eigenvalue weighted by Crippen LogP contribution is 2.16. The van der Waals surface area contributed by atoms with Gasteiger partial charge in [-0.15, -0.1) is 0 Å².